The van der Waals surface area contributed by atoms with E-state index >= 15 is 0 Å². The number of aromatic nitrogens is 1. The van der Waals surface area contributed by atoms with Crippen LogP contribution in [0.3, 0.4) is 0 Å². The predicted octanol–water partition coefficient (Wildman–Crippen LogP) is 5.34. The second-order valence-corrected chi connectivity index (χ2v) is 7.94. The van der Waals surface area contributed by atoms with Gasteiger partial charge in [-0.1, -0.05) is 36.4 Å². The lowest BCUT2D eigenvalue weighted by Gasteiger charge is -2.22. The number of aliphatic imine (C=N–C) groups is 1. The summed E-state index contributed by atoms with van der Waals surface area (Å²) in [6.45, 7) is 4.05. The van der Waals surface area contributed by atoms with Crippen LogP contribution in [0.4, 0.5) is 16.5 Å². The van der Waals surface area contributed by atoms with Crippen molar-refractivity contribution >= 4 is 55.4 Å². The van der Waals surface area contributed by atoms with Gasteiger partial charge in [0.25, 0.3) is 0 Å². The van der Waals surface area contributed by atoms with Gasteiger partial charge in [-0.15, -0.1) is 0 Å². The highest BCUT2D eigenvalue weighted by Gasteiger charge is 2.19. The predicted molar refractivity (Wildman–Crippen MR) is 107 cm³/mol. The van der Waals surface area contributed by atoms with Crippen molar-refractivity contribution in [1.82, 2.24) is 4.98 Å². The maximum Gasteiger partial charge on any atom is 0.209 e. The number of anilines is 2. The van der Waals surface area contributed by atoms with Crippen LogP contribution >= 0.6 is 32.9 Å². The summed E-state index contributed by atoms with van der Waals surface area (Å²) >= 11 is 5.18. The molecule has 2 aromatic carbocycles. The zero-order valence-electron chi connectivity index (χ0n) is 13.3. The first-order valence-corrected chi connectivity index (χ1v) is 9.85. The fourth-order valence-electron chi connectivity index (χ4n) is 2.28. The van der Waals surface area contributed by atoms with E-state index in [0.717, 1.165) is 27.6 Å². The molecule has 3 rings (SSSR count). The molecule has 4 nitrogen and oxygen atoms in total. The lowest BCUT2D eigenvalue weighted by Crippen LogP contribution is -2.33. The van der Waals surface area contributed by atoms with Gasteiger partial charge in [0.2, 0.25) is 11.1 Å². The molecule has 24 heavy (non-hydrogen) atoms. The number of hydrogen-bond acceptors (Lipinski definition) is 5. The maximum atomic E-state index is 6.37. The third-order valence-electron chi connectivity index (χ3n) is 3.50. The summed E-state index contributed by atoms with van der Waals surface area (Å²) in [4.78, 5) is 10.9. The molecule has 0 radical (unpaired) electrons. The van der Waals surface area contributed by atoms with Crippen LogP contribution in [0.2, 0.25) is 0 Å². The third-order valence-corrected chi connectivity index (χ3v) is 6.07. The average Bonchev–Trinajstić information content (AvgIpc) is 2.98. The molecule has 1 heterocycles. The van der Waals surface area contributed by atoms with Gasteiger partial charge in [-0.25, -0.2) is 4.99 Å². The Balaban J connectivity index is 2.13. The van der Waals surface area contributed by atoms with Gasteiger partial charge >= 0.3 is 0 Å². The van der Waals surface area contributed by atoms with Crippen molar-refractivity contribution < 1.29 is 0 Å². The van der Waals surface area contributed by atoms with Crippen molar-refractivity contribution in [2.45, 2.75) is 13.8 Å². The van der Waals surface area contributed by atoms with Crippen LogP contribution in [0.5, 0.6) is 0 Å². The smallest absolute Gasteiger partial charge is 0.209 e. The fraction of sp³-hybridized carbons (Fsp3) is 0.118. The Morgan fingerprint density at radius 3 is 2.33 bits per heavy atom. The molecular weight excluding hydrogens is 356 g/mol. The highest BCUT2D eigenvalue weighted by molar-refractivity contribution is 7.80. The first-order valence-electron chi connectivity index (χ1n) is 7.29. The summed E-state index contributed by atoms with van der Waals surface area (Å²) in [7, 11) is 2.95. The number of nitrogens with zero attached hydrogens (tertiary/aromatic N) is 3. The van der Waals surface area contributed by atoms with Crippen molar-refractivity contribution in [3.63, 3.8) is 0 Å². The summed E-state index contributed by atoms with van der Waals surface area (Å²) < 4.78 is 0.595. The van der Waals surface area contributed by atoms with E-state index in [9.17, 15) is 0 Å². The zero-order chi connectivity index (χ0) is 17.1. The zero-order valence-corrected chi connectivity index (χ0v) is 15.7. The van der Waals surface area contributed by atoms with E-state index in [1.165, 1.54) is 20.7 Å². The average molecular weight is 373 g/mol. The largest absolute Gasteiger partial charge is 0.369 e. The van der Waals surface area contributed by atoms with Crippen molar-refractivity contribution in [2.75, 3.05) is 4.90 Å². The van der Waals surface area contributed by atoms with E-state index in [1.54, 1.807) is 0 Å². The standard InChI is InChI=1S/C17H16N4S3/c1-11-7-3-5-9-13(11)19-15(18)21(16-20-17(22)24-23-16)14-10-6-4-8-12(14)2/h3-10H,1-2H3,(H2,18,19). The molecule has 0 unspecified atom stereocenters. The minimum absolute atomic E-state index is 0.371. The molecule has 0 atom stereocenters. The normalized spacial score (nSPS) is 11.5. The highest BCUT2D eigenvalue weighted by atomic mass is 32.9. The van der Waals surface area contributed by atoms with Crippen LogP contribution in [-0.2, 0) is 0 Å². The SMILES string of the molecule is Cc1ccccc1N=C(N)N(c1nc(=S)ss1)c1ccccc1C. The molecular formula is C17H16N4S3. The minimum Gasteiger partial charge on any atom is -0.369 e. The topological polar surface area (TPSA) is 54.5 Å². The van der Waals surface area contributed by atoms with Crippen LogP contribution in [0.25, 0.3) is 0 Å². The van der Waals surface area contributed by atoms with E-state index in [4.69, 9.17) is 18.0 Å². The van der Waals surface area contributed by atoms with Crippen molar-refractivity contribution in [2.24, 2.45) is 10.7 Å². The molecule has 2 N–H and O–H groups in total. The fourth-order valence-corrected chi connectivity index (χ4v) is 4.33. The first-order chi connectivity index (χ1) is 11.6. The van der Waals surface area contributed by atoms with Gasteiger partial charge in [-0.3, -0.25) is 4.90 Å². The van der Waals surface area contributed by atoms with Crippen molar-refractivity contribution in [1.29, 1.82) is 0 Å². The Hall–Kier alpha value is -2.09. The Bertz CT molecular complexity index is 943. The molecule has 0 aliphatic rings. The Labute approximate surface area is 153 Å². The van der Waals surface area contributed by atoms with Gasteiger partial charge in [0.05, 0.1) is 11.4 Å². The third kappa shape index (κ3) is 3.53. The number of para-hydroxylation sites is 2. The summed E-state index contributed by atoms with van der Waals surface area (Å²) in [5.41, 5.74) is 10.3. The summed E-state index contributed by atoms with van der Waals surface area (Å²) in [6.07, 6.45) is 0. The first kappa shape index (κ1) is 16.8. The molecule has 0 spiro atoms. The van der Waals surface area contributed by atoms with Gasteiger partial charge in [0.15, 0.2) is 3.95 Å². The Morgan fingerprint density at radius 1 is 1.04 bits per heavy atom. The van der Waals surface area contributed by atoms with E-state index in [-0.39, 0.29) is 0 Å². The minimum atomic E-state index is 0.371. The van der Waals surface area contributed by atoms with Crippen LogP contribution in [0.1, 0.15) is 11.1 Å². The molecule has 0 fully saturated rings. The van der Waals surface area contributed by atoms with Gasteiger partial charge in [0, 0.05) is 0 Å². The quantitative estimate of drug-likeness (QED) is 0.292. The van der Waals surface area contributed by atoms with Gasteiger partial charge in [0.1, 0.15) is 0 Å². The number of nitrogens with two attached hydrogens (primary N) is 1. The number of rotatable bonds is 3. The van der Waals surface area contributed by atoms with E-state index in [1.807, 2.05) is 67.3 Å². The lowest BCUT2D eigenvalue weighted by molar-refractivity contribution is 1.21. The molecule has 0 amide bonds. The monoisotopic (exact) mass is 372 g/mol. The molecule has 0 bridgehead atoms. The molecule has 122 valence electrons. The van der Waals surface area contributed by atoms with Crippen molar-refractivity contribution in [3.8, 4) is 0 Å². The molecule has 0 aliphatic carbocycles. The highest BCUT2D eigenvalue weighted by Crippen LogP contribution is 2.33. The number of hydrogen-bond donors (Lipinski definition) is 1. The second-order valence-electron chi connectivity index (χ2n) is 5.21. The summed E-state index contributed by atoms with van der Waals surface area (Å²) in [6, 6.07) is 15.9. The number of aryl methyl sites for hydroxylation is 2. The lowest BCUT2D eigenvalue weighted by atomic mass is 10.2. The molecule has 7 heteroatoms. The van der Waals surface area contributed by atoms with Gasteiger partial charge in [-0.2, -0.15) is 4.98 Å². The molecule has 1 aromatic heterocycles. The molecule has 0 saturated carbocycles. The number of benzene rings is 2. The molecule has 0 aliphatic heterocycles. The van der Waals surface area contributed by atoms with Crippen LogP contribution in [-0.4, -0.2) is 10.9 Å². The van der Waals surface area contributed by atoms with Gasteiger partial charge < -0.3 is 5.73 Å². The van der Waals surface area contributed by atoms with E-state index in [2.05, 4.69) is 9.98 Å². The molecule has 0 saturated heterocycles. The summed E-state index contributed by atoms with van der Waals surface area (Å²) in [5, 5.41) is 0.731. The maximum absolute atomic E-state index is 6.37. The van der Waals surface area contributed by atoms with E-state index < -0.39 is 0 Å². The van der Waals surface area contributed by atoms with Gasteiger partial charge in [-0.05, 0) is 70.0 Å². The second kappa shape index (κ2) is 7.21. The summed E-state index contributed by atoms with van der Waals surface area (Å²) in [5.74, 6) is 0.371. The molecule has 3 aromatic rings. The van der Waals surface area contributed by atoms with Crippen LogP contribution in [0.15, 0.2) is 53.5 Å². The van der Waals surface area contributed by atoms with Crippen molar-refractivity contribution in [3.05, 3.63) is 63.6 Å². The Kier molecular flexibility index (Phi) is 5.03. The van der Waals surface area contributed by atoms with E-state index in [0.29, 0.717) is 9.91 Å². The van der Waals surface area contributed by atoms with Crippen LogP contribution < -0.4 is 10.6 Å². The Morgan fingerprint density at radius 2 is 1.71 bits per heavy atom. The van der Waals surface area contributed by atoms with Crippen LogP contribution in [0, 0.1) is 17.8 Å². The number of guanidine groups is 1.